The summed E-state index contributed by atoms with van der Waals surface area (Å²) in [5.74, 6) is 0. The zero-order valence-corrected chi connectivity index (χ0v) is 52.4. The molecular weight excluding hydrogens is 1080 g/mol. The fourth-order valence-corrected chi connectivity index (χ4v) is 14.1. The average Bonchev–Trinajstić information content (AvgIpc) is 1.05. The van der Waals surface area contributed by atoms with Crippen LogP contribution in [0, 0.1) is 6.92 Å². The molecule has 0 unspecified atom stereocenters. The smallest absolute Gasteiger partial charge is 0.150 e. The van der Waals surface area contributed by atoms with Gasteiger partial charge in [0.2, 0.25) is 0 Å². The third-order valence-corrected chi connectivity index (χ3v) is 18.8. The third kappa shape index (κ3) is 10.3. The summed E-state index contributed by atoms with van der Waals surface area (Å²) in [5.41, 5.74) is 25.8. The lowest BCUT2D eigenvalue weighted by molar-refractivity contribution is 0.112. The second-order valence-electron chi connectivity index (χ2n) is 25.3. The Morgan fingerprint density at radius 2 is 1.00 bits per heavy atom. The van der Waals surface area contributed by atoms with Crippen molar-refractivity contribution < 1.29 is 4.79 Å². The Morgan fingerprint density at radius 3 is 1.54 bits per heavy atom. The molecule has 89 heavy (non-hydrogen) atoms. The average molecular weight is 1160 g/mol. The Hall–Kier alpha value is -10.2. The van der Waals surface area contributed by atoms with E-state index in [0.717, 1.165) is 92.5 Å². The molecule has 13 rings (SSSR count). The molecule has 0 saturated heterocycles. The van der Waals surface area contributed by atoms with Crippen LogP contribution < -0.4 is 19.6 Å². The largest absolute Gasteiger partial charge is 0.311 e. The van der Waals surface area contributed by atoms with Crippen molar-refractivity contribution in [3.63, 3.8) is 0 Å². The van der Waals surface area contributed by atoms with Gasteiger partial charge in [-0.3, -0.25) is 4.79 Å². The summed E-state index contributed by atoms with van der Waals surface area (Å²) in [6.45, 7) is 22.2. The fourth-order valence-electron chi connectivity index (χ4n) is 14.1. The Bertz CT molecular complexity index is 4460. The molecule has 0 saturated carbocycles. The van der Waals surface area contributed by atoms with Crippen molar-refractivity contribution in [2.24, 2.45) is 0 Å². The molecular formula is C84H76N4O. The van der Waals surface area contributed by atoms with Crippen molar-refractivity contribution in [2.75, 3.05) is 19.6 Å². The number of hydrogen-bond donors (Lipinski definition) is 0. The lowest BCUT2D eigenvalue weighted by Crippen LogP contribution is -2.31. The first kappa shape index (κ1) is 57.8. The van der Waals surface area contributed by atoms with E-state index in [9.17, 15) is 4.79 Å². The number of allylic oxidation sites excluding steroid dienone is 7. The van der Waals surface area contributed by atoms with Crippen molar-refractivity contribution >= 4 is 63.2 Å². The molecule has 2 aliphatic heterocycles. The van der Waals surface area contributed by atoms with Crippen LogP contribution in [0.15, 0.2) is 291 Å². The van der Waals surface area contributed by atoms with Gasteiger partial charge < -0.3 is 19.6 Å². The fraction of sp³-hybridized carbons (Fsp3) is 0.155. The van der Waals surface area contributed by atoms with Crippen LogP contribution in [0.3, 0.4) is 0 Å². The molecule has 438 valence electrons. The molecule has 10 aromatic rings. The number of rotatable bonds is 15. The van der Waals surface area contributed by atoms with Gasteiger partial charge in [0, 0.05) is 67.3 Å². The second-order valence-corrected chi connectivity index (χ2v) is 25.3. The van der Waals surface area contributed by atoms with E-state index in [1.165, 1.54) is 56.1 Å². The van der Waals surface area contributed by atoms with Gasteiger partial charge in [0.05, 0.1) is 22.7 Å². The molecule has 0 atom stereocenters. The monoisotopic (exact) mass is 1160 g/mol. The van der Waals surface area contributed by atoms with Crippen LogP contribution in [0.4, 0.5) is 56.9 Å². The Balaban J connectivity index is 0.813. The maximum absolute atomic E-state index is 13.1. The number of nitrogens with zero attached hydrogens (tertiary/aromatic N) is 4. The molecule has 2 heterocycles. The molecule has 0 radical (unpaired) electrons. The minimum Gasteiger partial charge on any atom is -0.311 e. The van der Waals surface area contributed by atoms with Gasteiger partial charge in [-0.2, -0.15) is 0 Å². The zero-order chi connectivity index (χ0) is 61.6. The zero-order valence-electron chi connectivity index (χ0n) is 52.4. The van der Waals surface area contributed by atoms with Crippen molar-refractivity contribution in [1.82, 2.24) is 0 Å². The maximum Gasteiger partial charge on any atom is 0.150 e. The summed E-state index contributed by atoms with van der Waals surface area (Å²) in [4.78, 5) is 22.7. The van der Waals surface area contributed by atoms with Crippen LogP contribution in [-0.2, 0) is 16.2 Å². The summed E-state index contributed by atoms with van der Waals surface area (Å²) < 4.78 is 0. The quantitative estimate of drug-likeness (QED) is 0.0754. The Labute approximate surface area is 526 Å². The second kappa shape index (κ2) is 23.5. The number of para-hydroxylation sites is 4. The van der Waals surface area contributed by atoms with Crippen LogP contribution in [0.5, 0.6) is 0 Å². The third-order valence-electron chi connectivity index (χ3n) is 18.8. The van der Waals surface area contributed by atoms with Gasteiger partial charge in [-0.05, 0) is 209 Å². The summed E-state index contributed by atoms with van der Waals surface area (Å²) in [7, 11) is 0. The number of hydrogen-bond acceptors (Lipinski definition) is 5. The van der Waals surface area contributed by atoms with Gasteiger partial charge in [0.25, 0.3) is 0 Å². The number of carbonyl (C=O) groups excluding carboxylic acids is 1. The normalized spacial score (nSPS) is 14.7. The van der Waals surface area contributed by atoms with E-state index < -0.39 is 5.41 Å². The lowest BCUT2D eigenvalue weighted by Gasteiger charge is -2.42. The van der Waals surface area contributed by atoms with Gasteiger partial charge in [-0.15, -0.1) is 0 Å². The molecule has 3 aliphatic rings. The molecule has 0 spiro atoms. The highest BCUT2D eigenvalue weighted by atomic mass is 16.1. The predicted octanol–water partition coefficient (Wildman–Crippen LogP) is 22.8. The number of anilines is 10. The number of carbonyl (C=O) groups is 1. The molecule has 0 amide bonds. The van der Waals surface area contributed by atoms with Crippen molar-refractivity contribution in [3.05, 3.63) is 336 Å². The summed E-state index contributed by atoms with van der Waals surface area (Å²) in [6, 6.07) is 83.9. The molecule has 0 bridgehead atoms. The number of benzene rings is 10. The van der Waals surface area contributed by atoms with E-state index in [-0.39, 0.29) is 10.8 Å². The minimum absolute atomic E-state index is 0.268. The summed E-state index contributed by atoms with van der Waals surface area (Å²) in [5, 5.41) is 0. The predicted molar refractivity (Wildman–Crippen MR) is 376 cm³/mol. The molecule has 0 N–H and O–H groups in total. The van der Waals surface area contributed by atoms with Crippen LogP contribution in [-0.4, -0.2) is 6.29 Å². The van der Waals surface area contributed by atoms with Crippen LogP contribution >= 0.6 is 0 Å². The van der Waals surface area contributed by atoms with E-state index in [2.05, 4.69) is 342 Å². The molecule has 5 nitrogen and oxygen atoms in total. The maximum atomic E-state index is 13.1. The van der Waals surface area contributed by atoms with Crippen molar-refractivity contribution in [1.29, 1.82) is 0 Å². The van der Waals surface area contributed by atoms with E-state index in [1.807, 2.05) is 12.1 Å². The van der Waals surface area contributed by atoms with E-state index in [4.69, 9.17) is 0 Å². The first-order chi connectivity index (χ1) is 43.2. The molecule has 0 aromatic heterocycles. The van der Waals surface area contributed by atoms with Crippen LogP contribution in [0.1, 0.15) is 111 Å². The summed E-state index contributed by atoms with van der Waals surface area (Å²) >= 11 is 0. The topological polar surface area (TPSA) is 30.0 Å². The SMILES string of the molecule is C=C/C=C(\C=C/C)N(c1ccccc1)c1ccc2c(c1)C(C)(C)c1ccccc1N2c1ccc(-c2ccc(C)c(C(C)(C)c3cc(-c4ccc(N5c6ccccc6C(C)(C)c6cc(N(C7=CCCC=C7)c7ccccc7)ccc65)cc4)ccc3C=O)c2)cc1. The van der Waals surface area contributed by atoms with E-state index >= 15 is 0 Å². The van der Waals surface area contributed by atoms with Crippen LogP contribution in [0.25, 0.3) is 22.3 Å². The van der Waals surface area contributed by atoms with Gasteiger partial charge in [0.15, 0.2) is 0 Å². The van der Waals surface area contributed by atoms with Gasteiger partial charge >= 0.3 is 0 Å². The van der Waals surface area contributed by atoms with Crippen LogP contribution in [0.2, 0.25) is 0 Å². The molecule has 5 heteroatoms. The first-order valence-corrected chi connectivity index (χ1v) is 31.2. The standard InChI is InChI=1S/C84H76N4O/c1-10-25-64(26-11-2)85(65-27-15-12-16-28-65)70-49-51-80-76(55-70)82(4,5)72-33-21-23-35-78(72)87(80)68-45-41-59(42-46-68)61-38-37-58(3)74(53-61)84(8,9)75-54-62(39-40-63(75)57-89)60-43-47-69(48-44-60)88-79-36-24-22-34-73(79)83(6,7)77-56-71(50-52-81(77)88)86(66-29-17-13-18-30-66)67-31-19-14-20-32-67/h10-13,15-19,21-57H,1,14,20H2,2-9H3/b26-11-,64-25+. The molecule has 10 aromatic carbocycles. The van der Waals surface area contributed by atoms with E-state index in [0.29, 0.717) is 5.56 Å². The first-order valence-electron chi connectivity index (χ1n) is 31.2. The Morgan fingerprint density at radius 1 is 0.506 bits per heavy atom. The minimum atomic E-state index is -0.531. The number of aldehydes is 1. The lowest BCUT2D eigenvalue weighted by atomic mass is 9.73. The molecule has 1 aliphatic carbocycles. The Kier molecular flexibility index (Phi) is 15.2. The number of aryl methyl sites for hydroxylation is 1. The van der Waals surface area contributed by atoms with Gasteiger partial charge in [-0.25, -0.2) is 0 Å². The highest BCUT2D eigenvalue weighted by molar-refractivity contribution is 5.91. The van der Waals surface area contributed by atoms with Crippen molar-refractivity contribution in [2.45, 2.75) is 84.5 Å². The van der Waals surface area contributed by atoms with Gasteiger partial charge in [0.1, 0.15) is 6.29 Å². The van der Waals surface area contributed by atoms with E-state index in [1.54, 1.807) is 0 Å². The molecule has 0 fully saturated rings. The highest BCUT2D eigenvalue weighted by Gasteiger charge is 2.40. The van der Waals surface area contributed by atoms with Crippen molar-refractivity contribution in [3.8, 4) is 22.3 Å². The summed E-state index contributed by atoms with van der Waals surface area (Å²) in [6.07, 6.45) is 18.1. The van der Waals surface area contributed by atoms with Gasteiger partial charge in [-0.1, -0.05) is 200 Å². The highest BCUT2D eigenvalue weighted by Crippen LogP contribution is 2.55. The number of fused-ring (bicyclic) bond motifs is 4.